The van der Waals surface area contributed by atoms with Crippen LogP contribution in [0, 0.1) is 6.92 Å². The van der Waals surface area contributed by atoms with Gasteiger partial charge in [0.15, 0.2) is 0 Å². The Hall–Kier alpha value is -1.58. The van der Waals surface area contributed by atoms with Crippen LogP contribution in [0.1, 0.15) is 5.56 Å². The lowest BCUT2D eigenvalue weighted by atomic mass is 10.3. The van der Waals surface area contributed by atoms with Crippen LogP contribution in [0.3, 0.4) is 0 Å². The molecule has 0 aliphatic carbocycles. The van der Waals surface area contributed by atoms with Crippen molar-refractivity contribution in [1.82, 2.24) is 10.3 Å². The van der Waals surface area contributed by atoms with Gasteiger partial charge in [0.25, 0.3) is 0 Å². The lowest BCUT2D eigenvalue weighted by molar-refractivity contribution is -0.119. The molecule has 0 bridgehead atoms. The number of pyridine rings is 1. The molecule has 0 radical (unpaired) electrons. The number of hydrogen-bond acceptors (Lipinski definition) is 3. The zero-order chi connectivity index (χ0) is 10.6. The smallest absolute Gasteiger partial charge is 0.239 e. The van der Waals surface area contributed by atoms with E-state index in [4.69, 9.17) is 0 Å². The van der Waals surface area contributed by atoms with E-state index in [0.717, 1.165) is 11.4 Å². The van der Waals surface area contributed by atoms with Crippen molar-refractivity contribution >= 4 is 11.7 Å². The molecule has 1 heterocycles. The van der Waals surface area contributed by atoms with E-state index in [0.29, 0.717) is 6.54 Å². The van der Waals surface area contributed by atoms with E-state index < -0.39 is 0 Å². The first-order valence-electron chi connectivity index (χ1n) is 4.48. The molecular formula is C10H15N3O. The minimum absolute atomic E-state index is 0.0178. The van der Waals surface area contributed by atoms with E-state index in [1.54, 1.807) is 13.2 Å². The zero-order valence-corrected chi connectivity index (χ0v) is 8.74. The van der Waals surface area contributed by atoms with Crippen molar-refractivity contribution in [1.29, 1.82) is 0 Å². The molecule has 76 valence electrons. The fraction of sp³-hybridized carbons (Fsp3) is 0.400. The minimum atomic E-state index is -0.0178. The van der Waals surface area contributed by atoms with Gasteiger partial charge in [0.05, 0.1) is 6.54 Å². The molecule has 0 unspecified atom stereocenters. The van der Waals surface area contributed by atoms with Crippen LogP contribution >= 0.6 is 0 Å². The van der Waals surface area contributed by atoms with Gasteiger partial charge in [-0.25, -0.2) is 4.98 Å². The molecule has 0 aromatic carbocycles. The number of hydrogen-bond donors (Lipinski definition) is 1. The standard InChI is InChI=1S/C10H15N3O/c1-8-4-5-12-9(6-8)13(3)7-10(14)11-2/h4-6H,7H2,1-3H3,(H,11,14). The second-order valence-electron chi connectivity index (χ2n) is 3.22. The molecular weight excluding hydrogens is 178 g/mol. The predicted octanol–water partition coefficient (Wildman–Crippen LogP) is 0.572. The quantitative estimate of drug-likeness (QED) is 0.763. The molecule has 4 nitrogen and oxygen atoms in total. The van der Waals surface area contributed by atoms with Gasteiger partial charge in [-0.1, -0.05) is 0 Å². The van der Waals surface area contributed by atoms with Gasteiger partial charge >= 0.3 is 0 Å². The Balaban J connectivity index is 2.69. The number of aromatic nitrogens is 1. The van der Waals surface area contributed by atoms with Crippen molar-refractivity contribution in [2.75, 3.05) is 25.5 Å². The maximum atomic E-state index is 11.1. The molecule has 4 heteroatoms. The summed E-state index contributed by atoms with van der Waals surface area (Å²) < 4.78 is 0. The average molecular weight is 193 g/mol. The first kappa shape index (κ1) is 10.5. The maximum Gasteiger partial charge on any atom is 0.239 e. The average Bonchev–Trinajstić information content (AvgIpc) is 2.17. The predicted molar refractivity (Wildman–Crippen MR) is 56.3 cm³/mol. The van der Waals surface area contributed by atoms with Crippen molar-refractivity contribution in [3.63, 3.8) is 0 Å². The molecule has 0 saturated carbocycles. The van der Waals surface area contributed by atoms with Gasteiger partial charge in [0, 0.05) is 20.3 Å². The van der Waals surface area contributed by atoms with Crippen molar-refractivity contribution in [2.24, 2.45) is 0 Å². The van der Waals surface area contributed by atoms with Gasteiger partial charge in [0.1, 0.15) is 5.82 Å². The van der Waals surface area contributed by atoms with Gasteiger partial charge in [0.2, 0.25) is 5.91 Å². The first-order chi connectivity index (χ1) is 6.63. The van der Waals surface area contributed by atoms with Gasteiger partial charge in [-0.3, -0.25) is 4.79 Å². The van der Waals surface area contributed by atoms with Crippen LogP contribution in [0.5, 0.6) is 0 Å². The van der Waals surface area contributed by atoms with E-state index in [1.165, 1.54) is 0 Å². The number of nitrogens with zero attached hydrogens (tertiary/aromatic N) is 2. The Morgan fingerprint density at radius 3 is 2.93 bits per heavy atom. The number of aryl methyl sites for hydroxylation is 1. The topological polar surface area (TPSA) is 45.2 Å². The Kier molecular flexibility index (Phi) is 3.45. The Morgan fingerprint density at radius 1 is 1.64 bits per heavy atom. The summed E-state index contributed by atoms with van der Waals surface area (Å²) in [4.78, 5) is 17.1. The van der Waals surface area contributed by atoms with Gasteiger partial charge in [-0.15, -0.1) is 0 Å². The largest absolute Gasteiger partial charge is 0.358 e. The van der Waals surface area contributed by atoms with Gasteiger partial charge < -0.3 is 10.2 Å². The van der Waals surface area contributed by atoms with Crippen molar-refractivity contribution in [3.8, 4) is 0 Å². The molecule has 0 fully saturated rings. The molecule has 0 aliphatic heterocycles. The molecule has 1 aromatic heterocycles. The van der Waals surface area contributed by atoms with E-state index in [9.17, 15) is 4.79 Å². The van der Waals surface area contributed by atoms with Crippen LogP contribution in [0.15, 0.2) is 18.3 Å². The summed E-state index contributed by atoms with van der Waals surface area (Å²) >= 11 is 0. The summed E-state index contributed by atoms with van der Waals surface area (Å²) in [5.74, 6) is 0.796. The summed E-state index contributed by atoms with van der Waals surface area (Å²) in [5, 5.41) is 2.57. The summed E-state index contributed by atoms with van der Waals surface area (Å²) in [6.07, 6.45) is 1.74. The molecule has 1 N–H and O–H groups in total. The third kappa shape index (κ3) is 2.73. The molecule has 14 heavy (non-hydrogen) atoms. The maximum absolute atomic E-state index is 11.1. The highest BCUT2D eigenvalue weighted by Crippen LogP contribution is 2.09. The summed E-state index contributed by atoms with van der Waals surface area (Å²) in [6, 6.07) is 3.88. The molecule has 1 aromatic rings. The molecule has 1 rings (SSSR count). The Labute approximate surface area is 83.9 Å². The van der Waals surface area contributed by atoms with Crippen molar-refractivity contribution in [2.45, 2.75) is 6.92 Å². The second-order valence-corrected chi connectivity index (χ2v) is 3.22. The number of carbonyl (C=O) groups is 1. The molecule has 1 amide bonds. The normalized spacial score (nSPS) is 9.64. The van der Waals surface area contributed by atoms with Crippen LogP contribution in [0.25, 0.3) is 0 Å². The van der Waals surface area contributed by atoms with Gasteiger partial charge in [-0.2, -0.15) is 0 Å². The monoisotopic (exact) mass is 193 g/mol. The van der Waals surface area contributed by atoms with E-state index in [2.05, 4.69) is 10.3 Å². The summed E-state index contributed by atoms with van der Waals surface area (Å²) in [6.45, 7) is 2.33. The number of anilines is 1. The summed E-state index contributed by atoms with van der Waals surface area (Å²) in [5.41, 5.74) is 1.14. The number of nitrogens with one attached hydrogen (secondary N) is 1. The third-order valence-electron chi connectivity index (χ3n) is 1.95. The Bertz CT molecular complexity index is 325. The highest BCUT2D eigenvalue weighted by molar-refractivity contribution is 5.80. The van der Waals surface area contributed by atoms with E-state index in [1.807, 2.05) is 31.0 Å². The van der Waals surface area contributed by atoms with Crippen LogP contribution in [-0.4, -0.2) is 31.5 Å². The lowest BCUT2D eigenvalue weighted by Crippen LogP contribution is -2.33. The number of carbonyl (C=O) groups excluding carboxylic acids is 1. The molecule has 0 atom stereocenters. The number of likely N-dealkylation sites (N-methyl/N-ethyl adjacent to an activating group) is 2. The fourth-order valence-corrected chi connectivity index (χ4v) is 1.10. The van der Waals surface area contributed by atoms with E-state index >= 15 is 0 Å². The fourth-order valence-electron chi connectivity index (χ4n) is 1.10. The minimum Gasteiger partial charge on any atom is -0.358 e. The number of amides is 1. The van der Waals surface area contributed by atoms with Gasteiger partial charge in [-0.05, 0) is 24.6 Å². The first-order valence-corrected chi connectivity index (χ1v) is 4.48. The van der Waals surface area contributed by atoms with Crippen molar-refractivity contribution < 1.29 is 4.79 Å². The van der Waals surface area contributed by atoms with Crippen LogP contribution in [0.4, 0.5) is 5.82 Å². The molecule has 0 saturated heterocycles. The van der Waals surface area contributed by atoms with Crippen LogP contribution < -0.4 is 10.2 Å². The SMILES string of the molecule is CNC(=O)CN(C)c1cc(C)ccn1. The summed E-state index contributed by atoms with van der Waals surface area (Å²) in [7, 11) is 3.47. The highest BCUT2D eigenvalue weighted by Gasteiger charge is 2.06. The zero-order valence-electron chi connectivity index (χ0n) is 8.74. The third-order valence-corrected chi connectivity index (χ3v) is 1.95. The molecule has 0 aliphatic rings. The van der Waals surface area contributed by atoms with Crippen LogP contribution in [0.2, 0.25) is 0 Å². The highest BCUT2D eigenvalue weighted by atomic mass is 16.1. The number of rotatable bonds is 3. The van der Waals surface area contributed by atoms with Crippen molar-refractivity contribution in [3.05, 3.63) is 23.9 Å². The van der Waals surface area contributed by atoms with Crippen LogP contribution in [-0.2, 0) is 4.79 Å². The Morgan fingerprint density at radius 2 is 2.36 bits per heavy atom. The second kappa shape index (κ2) is 4.60. The lowest BCUT2D eigenvalue weighted by Gasteiger charge is -2.16. The van der Waals surface area contributed by atoms with E-state index in [-0.39, 0.29) is 5.91 Å². The molecule has 0 spiro atoms.